The summed E-state index contributed by atoms with van der Waals surface area (Å²) in [5.41, 5.74) is 5.92. The topological polar surface area (TPSA) is 84.9 Å². The monoisotopic (exact) mass is 247 g/mol. The molecule has 4 N–H and O–H groups in total. The van der Waals surface area contributed by atoms with Crippen LogP contribution in [0.4, 0.5) is 0 Å². The lowest BCUT2D eigenvalue weighted by molar-refractivity contribution is 0.264. The molecule has 0 heterocycles. The highest BCUT2D eigenvalue weighted by Gasteiger charge is 2.20. The Balaban J connectivity index is 3.38. The molecule has 0 aliphatic carbocycles. The van der Waals surface area contributed by atoms with Crippen LogP contribution in [0.5, 0.6) is 17.2 Å². The predicted molar refractivity (Wildman–Crippen MR) is 60.2 cm³/mol. The smallest absolute Gasteiger partial charge is 0.183 e. The molecule has 0 spiro atoms. The minimum atomic E-state index is -0.725. The van der Waals surface area contributed by atoms with E-state index < -0.39 is 6.04 Å². The highest BCUT2D eigenvalue weighted by molar-refractivity contribution is 6.33. The fourth-order valence-corrected chi connectivity index (χ4v) is 1.62. The van der Waals surface area contributed by atoms with Crippen molar-refractivity contribution in [3.05, 3.63) is 16.7 Å². The van der Waals surface area contributed by atoms with Gasteiger partial charge in [0.05, 0.1) is 26.9 Å². The van der Waals surface area contributed by atoms with Crippen LogP contribution in [0.2, 0.25) is 5.02 Å². The molecule has 0 saturated heterocycles. The summed E-state index contributed by atoms with van der Waals surface area (Å²) in [6.45, 7) is -0.306. The van der Waals surface area contributed by atoms with Crippen molar-refractivity contribution in [2.75, 3.05) is 20.8 Å². The van der Waals surface area contributed by atoms with Gasteiger partial charge in [0.25, 0.3) is 0 Å². The molecule has 0 bridgehead atoms. The number of methoxy groups -OCH3 is 2. The van der Waals surface area contributed by atoms with Crippen LogP contribution in [-0.2, 0) is 0 Å². The zero-order valence-corrected chi connectivity index (χ0v) is 9.78. The van der Waals surface area contributed by atoms with Gasteiger partial charge in [0.15, 0.2) is 11.5 Å². The van der Waals surface area contributed by atoms with Crippen molar-refractivity contribution < 1.29 is 19.7 Å². The lowest BCUT2D eigenvalue weighted by Gasteiger charge is -2.16. The molecule has 0 saturated carbocycles. The van der Waals surface area contributed by atoms with Crippen LogP contribution in [0, 0.1) is 0 Å². The van der Waals surface area contributed by atoms with Gasteiger partial charge in [0.1, 0.15) is 10.8 Å². The first-order chi connectivity index (χ1) is 7.56. The van der Waals surface area contributed by atoms with E-state index in [0.29, 0.717) is 11.3 Å². The largest absolute Gasteiger partial charge is 0.506 e. The molecule has 1 aromatic carbocycles. The molecule has 0 amide bonds. The summed E-state index contributed by atoms with van der Waals surface area (Å²) >= 11 is 5.89. The number of benzene rings is 1. The van der Waals surface area contributed by atoms with Gasteiger partial charge in [-0.1, -0.05) is 11.6 Å². The molecule has 0 aliphatic heterocycles. The Morgan fingerprint density at radius 2 is 2.06 bits per heavy atom. The summed E-state index contributed by atoms with van der Waals surface area (Å²) in [5.74, 6) is 0.376. The quantitative estimate of drug-likeness (QED) is 0.741. The number of aliphatic hydroxyl groups is 1. The van der Waals surface area contributed by atoms with E-state index in [1.54, 1.807) is 0 Å². The van der Waals surface area contributed by atoms with Crippen LogP contribution in [0.1, 0.15) is 11.6 Å². The number of aliphatic hydroxyl groups excluding tert-OH is 1. The third-order valence-corrected chi connectivity index (χ3v) is 2.56. The van der Waals surface area contributed by atoms with E-state index in [4.69, 9.17) is 31.9 Å². The number of nitrogens with two attached hydrogens (primary N) is 1. The fourth-order valence-electron chi connectivity index (χ4n) is 1.34. The summed E-state index contributed by atoms with van der Waals surface area (Å²) in [6, 6.07) is 0.762. The maximum Gasteiger partial charge on any atom is 0.183 e. The third-order valence-electron chi connectivity index (χ3n) is 2.21. The molecule has 0 aromatic heterocycles. The summed E-state index contributed by atoms with van der Waals surface area (Å²) in [7, 11) is 2.86. The van der Waals surface area contributed by atoms with Crippen molar-refractivity contribution in [1.29, 1.82) is 0 Å². The van der Waals surface area contributed by atoms with Crippen molar-refractivity contribution in [3.63, 3.8) is 0 Å². The zero-order valence-electron chi connectivity index (χ0n) is 9.03. The highest BCUT2D eigenvalue weighted by Crippen LogP contribution is 2.44. The van der Waals surface area contributed by atoms with E-state index in [2.05, 4.69) is 0 Å². The minimum Gasteiger partial charge on any atom is -0.506 e. The first-order valence-corrected chi connectivity index (χ1v) is 4.94. The highest BCUT2D eigenvalue weighted by atomic mass is 35.5. The Morgan fingerprint density at radius 3 is 2.50 bits per heavy atom. The SMILES string of the molecule is COc1cc(C(N)CO)c(O)c(Cl)c1OC. The number of rotatable bonds is 4. The number of aromatic hydroxyl groups is 1. The van der Waals surface area contributed by atoms with Crippen molar-refractivity contribution in [2.24, 2.45) is 5.73 Å². The maximum atomic E-state index is 9.77. The standard InChI is InChI=1S/C10H14ClNO4/c1-15-7-3-5(6(12)4-13)9(14)8(11)10(7)16-2/h3,6,13-14H,4,12H2,1-2H3. The van der Waals surface area contributed by atoms with Crippen LogP contribution in [-0.4, -0.2) is 31.0 Å². The molecule has 1 rings (SSSR count). The molecule has 1 aromatic rings. The fraction of sp³-hybridized carbons (Fsp3) is 0.400. The number of ether oxygens (including phenoxy) is 2. The Hall–Kier alpha value is -1.17. The van der Waals surface area contributed by atoms with Crippen LogP contribution in [0.25, 0.3) is 0 Å². The van der Waals surface area contributed by atoms with Gasteiger partial charge in [0, 0.05) is 5.56 Å². The Kier molecular flexibility index (Phi) is 4.23. The van der Waals surface area contributed by atoms with Gasteiger partial charge in [-0.25, -0.2) is 0 Å². The van der Waals surface area contributed by atoms with Crippen molar-refractivity contribution >= 4 is 11.6 Å². The second kappa shape index (κ2) is 5.25. The van der Waals surface area contributed by atoms with E-state index in [-0.39, 0.29) is 23.1 Å². The van der Waals surface area contributed by atoms with Crippen LogP contribution >= 0.6 is 11.6 Å². The summed E-state index contributed by atoms with van der Waals surface area (Å²) < 4.78 is 10.0. The number of hydrogen-bond donors (Lipinski definition) is 3. The van der Waals surface area contributed by atoms with Crippen molar-refractivity contribution in [2.45, 2.75) is 6.04 Å². The van der Waals surface area contributed by atoms with Crippen LogP contribution in [0.3, 0.4) is 0 Å². The molecule has 1 unspecified atom stereocenters. The lowest BCUT2D eigenvalue weighted by Crippen LogP contribution is -2.15. The van der Waals surface area contributed by atoms with E-state index in [1.165, 1.54) is 20.3 Å². The second-order valence-corrected chi connectivity index (χ2v) is 3.53. The number of phenols is 1. The summed E-state index contributed by atoms with van der Waals surface area (Å²) in [4.78, 5) is 0. The van der Waals surface area contributed by atoms with Crippen molar-refractivity contribution in [3.8, 4) is 17.2 Å². The van der Waals surface area contributed by atoms with Gasteiger partial charge in [-0.15, -0.1) is 0 Å². The van der Waals surface area contributed by atoms with Crippen LogP contribution < -0.4 is 15.2 Å². The molecule has 16 heavy (non-hydrogen) atoms. The average Bonchev–Trinajstić information content (AvgIpc) is 2.31. The first-order valence-electron chi connectivity index (χ1n) is 4.56. The zero-order chi connectivity index (χ0) is 12.3. The molecule has 5 nitrogen and oxygen atoms in total. The Bertz CT molecular complexity index is 384. The molecule has 1 atom stereocenters. The normalized spacial score (nSPS) is 12.3. The summed E-state index contributed by atoms with van der Waals surface area (Å²) in [6.07, 6.45) is 0. The molecule has 0 aliphatic rings. The van der Waals surface area contributed by atoms with Gasteiger partial charge in [0.2, 0.25) is 0 Å². The summed E-state index contributed by atoms with van der Waals surface area (Å²) in [5, 5.41) is 18.7. The molecule has 0 fully saturated rings. The molecular weight excluding hydrogens is 234 g/mol. The van der Waals surface area contributed by atoms with Gasteiger partial charge in [-0.3, -0.25) is 0 Å². The average molecular weight is 248 g/mol. The maximum absolute atomic E-state index is 9.77. The van der Waals surface area contributed by atoms with Crippen LogP contribution in [0.15, 0.2) is 6.07 Å². The third kappa shape index (κ3) is 2.16. The van der Waals surface area contributed by atoms with Gasteiger partial charge < -0.3 is 25.4 Å². The minimum absolute atomic E-state index is 0.0146. The van der Waals surface area contributed by atoms with E-state index in [9.17, 15) is 5.11 Å². The molecular formula is C10H14ClNO4. The van der Waals surface area contributed by atoms with E-state index in [1.807, 2.05) is 0 Å². The second-order valence-electron chi connectivity index (χ2n) is 3.15. The van der Waals surface area contributed by atoms with E-state index >= 15 is 0 Å². The predicted octanol–water partition coefficient (Wildman–Crippen LogP) is 1.05. The van der Waals surface area contributed by atoms with Gasteiger partial charge in [-0.2, -0.15) is 0 Å². The Morgan fingerprint density at radius 1 is 1.44 bits per heavy atom. The molecule has 90 valence electrons. The van der Waals surface area contributed by atoms with Crippen molar-refractivity contribution in [1.82, 2.24) is 0 Å². The van der Waals surface area contributed by atoms with Gasteiger partial charge >= 0.3 is 0 Å². The lowest BCUT2D eigenvalue weighted by atomic mass is 10.1. The number of hydrogen-bond acceptors (Lipinski definition) is 5. The molecule has 0 radical (unpaired) electrons. The number of halogens is 1. The number of phenolic OH excluding ortho intramolecular Hbond substituents is 1. The van der Waals surface area contributed by atoms with E-state index in [0.717, 1.165) is 0 Å². The molecule has 6 heteroatoms. The van der Waals surface area contributed by atoms with Gasteiger partial charge in [-0.05, 0) is 6.07 Å². The Labute approximate surface area is 98.3 Å². The first kappa shape index (κ1) is 12.9.